The number of aliphatic hydroxyl groups is 1. The predicted molar refractivity (Wildman–Crippen MR) is 92.6 cm³/mol. The van der Waals surface area contributed by atoms with Gasteiger partial charge in [-0.3, -0.25) is 0 Å². The zero-order valence-electron chi connectivity index (χ0n) is 13.5. The van der Waals surface area contributed by atoms with Crippen LogP contribution in [0.4, 0.5) is 0 Å². The summed E-state index contributed by atoms with van der Waals surface area (Å²) in [5.74, 6) is 1.29. The third-order valence-electron chi connectivity index (χ3n) is 4.30. The van der Waals surface area contributed by atoms with Crippen LogP contribution in [0, 0.1) is 5.92 Å². The average Bonchev–Trinajstić information content (AvgIpc) is 3.16. The molecule has 0 bridgehead atoms. The summed E-state index contributed by atoms with van der Waals surface area (Å²) in [6.45, 7) is 2.28. The zero-order valence-corrected chi connectivity index (χ0v) is 14.3. The summed E-state index contributed by atoms with van der Waals surface area (Å²) < 4.78 is 5.73. The Bertz CT molecular complexity index is 602. The van der Waals surface area contributed by atoms with E-state index in [1.54, 1.807) is 11.3 Å². The number of para-hydroxylation sites is 1. The lowest BCUT2D eigenvalue weighted by atomic mass is 10.1. The Labute approximate surface area is 141 Å². The zero-order chi connectivity index (χ0) is 16.1. The molecule has 5 heteroatoms. The van der Waals surface area contributed by atoms with Gasteiger partial charge in [0.1, 0.15) is 17.4 Å². The first kappa shape index (κ1) is 16.4. The molecular weight excluding hydrogens is 308 g/mol. The van der Waals surface area contributed by atoms with Crippen molar-refractivity contribution in [1.82, 2.24) is 9.88 Å². The first-order valence-corrected chi connectivity index (χ1v) is 9.06. The second-order valence-electron chi connectivity index (χ2n) is 6.29. The topological polar surface area (TPSA) is 45.6 Å². The van der Waals surface area contributed by atoms with Crippen LogP contribution in [0.3, 0.4) is 0 Å². The molecular formula is C18H24N2O2S. The third kappa shape index (κ3) is 4.77. The first-order valence-electron chi connectivity index (χ1n) is 8.18. The fourth-order valence-corrected chi connectivity index (χ4v) is 3.82. The molecule has 4 nitrogen and oxygen atoms in total. The third-order valence-corrected chi connectivity index (χ3v) is 5.17. The van der Waals surface area contributed by atoms with E-state index >= 15 is 0 Å². The van der Waals surface area contributed by atoms with Crippen LogP contribution < -0.4 is 4.74 Å². The molecule has 2 aromatic rings. The van der Waals surface area contributed by atoms with Crippen LogP contribution in [-0.2, 0) is 13.2 Å². The van der Waals surface area contributed by atoms with Crippen LogP contribution in [0.5, 0.6) is 5.75 Å². The van der Waals surface area contributed by atoms with Crippen molar-refractivity contribution in [2.24, 2.45) is 5.92 Å². The van der Waals surface area contributed by atoms with E-state index in [1.807, 2.05) is 30.3 Å². The molecule has 0 aliphatic heterocycles. The molecule has 1 aromatic heterocycles. The number of hydrogen-bond acceptors (Lipinski definition) is 5. The van der Waals surface area contributed by atoms with Crippen LogP contribution in [0.1, 0.15) is 30.0 Å². The largest absolute Gasteiger partial charge is 0.486 e. The van der Waals surface area contributed by atoms with Crippen molar-refractivity contribution in [2.45, 2.75) is 38.5 Å². The summed E-state index contributed by atoms with van der Waals surface area (Å²) in [7, 11) is 2.10. The summed E-state index contributed by atoms with van der Waals surface area (Å²) in [6, 6.07) is 9.82. The van der Waals surface area contributed by atoms with E-state index in [-0.39, 0.29) is 6.10 Å². The molecule has 2 unspecified atom stereocenters. The van der Waals surface area contributed by atoms with Gasteiger partial charge >= 0.3 is 0 Å². The highest BCUT2D eigenvalue weighted by molar-refractivity contribution is 7.09. The standard InChI is InChI=1S/C18H24N2O2S/c1-20(10-14-6-5-9-17(14)21)11-15-13-23-18(19-15)12-22-16-7-3-2-4-8-16/h2-4,7-8,13-14,17,21H,5-6,9-12H2,1H3. The SMILES string of the molecule is CN(Cc1csc(COc2ccccc2)n1)CC1CCCC1O. The van der Waals surface area contributed by atoms with E-state index in [0.29, 0.717) is 12.5 Å². The highest BCUT2D eigenvalue weighted by atomic mass is 32.1. The van der Waals surface area contributed by atoms with Crippen molar-refractivity contribution in [1.29, 1.82) is 0 Å². The van der Waals surface area contributed by atoms with Crippen molar-refractivity contribution in [2.75, 3.05) is 13.6 Å². The average molecular weight is 332 g/mol. The molecule has 1 aliphatic carbocycles. The number of thiazole rings is 1. The van der Waals surface area contributed by atoms with Crippen molar-refractivity contribution in [3.05, 3.63) is 46.4 Å². The van der Waals surface area contributed by atoms with Gasteiger partial charge in [0.15, 0.2) is 0 Å². The lowest BCUT2D eigenvalue weighted by molar-refractivity contribution is 0.107. The molecule has 0 radical (unpaired) electrons. The second-order valence-corrected chi connectivity index (χ2v) is 7.23. The van der Waals surface area contributed by atoms with Gasteiger partial charge in [-0.25, -0.2) is 4.98 Å². The lowest BCUT2D eigenvalue weighted by Crippen LogP contribution is -2.29. The monoisotopic (exact) mass is 332 g/mol. The van der Waals surface area contributed by atoms with Gasteiger partial charge in [0.05, 0.1) is 11.8 Å². The first-order chi connectivity index (χ1) is 11.2. The molecule has 3 rings (SSSR count). The molecule has 1 heterocycles. The van der Waals surface area contributed by atoms with E-state index in [0.717, 1.165) is 48.8 Å². The molecule has 124 valence electrons. The molecule has 2 atom stereocenters. The van der Waals surface area contributed by atoms with Gasteiger partial charge in [0.25, 0.3) is 0 Å². The maximum Gasteiger partial charge on any atom is 0.140 e. The number of ether oxygens (including phenoxy) is 1. The molecule has 1 saturated carbocycles. The van der Waals surface area contributed by atoms with Crippen LogP contribution in [0.25, 0.3) is 0 Å². The number of benzene rings is 1. The van der Waals surface area contributed by atoms with Crippen LogP contribution in [0.2, 0.25) is 0 Å². The Balaban J connectivity index is 1.47. The summed E-state index contributed by atoms with van der Waals surface area (Å²) >= 11 is 1.64. The summed E-state index contributed by atoms with van der Waals surface area (Å²) in [6.07, 6.45) is 3.12. The van der Waals surface area contributed by atoms with E-state index in [2.05, 4.69) is 22.3 Å². The van der Waals surface area contributed by atoms with Crippen LogP contribution in [0.15, 0.2) is 35.7 Å². The molecule has 0 saturated heterocycles. The maximum atomic E-state index is 9.93. The van der Waals surface area contributed by atoms with Crippen molar-refractivity contribution < 1.29 is 9.84 Å². The smallest absolute Gasteiger partial charge is 0.140 e. The molecule has 0 amide bonds. The van der Waals surface area contributed by atoms with Gasteiger partial charge in [-0.1, -0.05) is 24.6 Å². The highest BCUT2D eigenvalue weighted by Crippen LogP contribution is 2.26. The van der Waals surface area contributed by atoms with Gasteiger partial charge in [-0.2, -0.15) is 0 Å². The fraction of sp³-hybridized carbons (Fsp3) is 0.500. The van der Waals surface area contributed by atoms with Gasteiger partial charge in [0.2, 0.25) is 0 Å². The van der Waals surface area contributed by atoms with E-state index < -0.39 is 0 Å². The Hall–Kier alpha value is -1.43. The molecule has 1 aromatic carbocycles. The Morgan fingerprint density at radius 3 is 2.87 bits per heavy atom. The molecule has 1 N–H and O–H groups in total. The number of rotatable bonds is 7. The Morgan fingerprint density at radius 1 is 1.30 bits per heavy atom. The van der Waals surface area contributed by atoms with Crippen LogP contribution in [-0.4, -0.2) is 34.7 Å². The van der Waals surface area contributed by atoms with Gasteiger partial charge in [0, 0.05) is 18.5 Å². The number of hydrogen-bond donors (Lipinski definition) is 1. The Kier molecular flexibility index (Phi) is 5.65. The van der Waals surface area contributed by atoms with Gasteiger partial charge < -0.3 is 14.7 Å². The highest BCUT2D eigenvalue weighted by Gasteiger charge is 2.26. The summed E-state index contributed by atoms with van der Waals surface area (Å²) in [5.41, 5.74) is 1.08. The second kappa shape index (κ2) is 7.90. The number of aliphatic hydroxyl groups excluding tert-OH is 1. The van der Waals surface area contributed by atoms with Crippen molar-refractivity contribution in [3.63, 3.8) is 0 Å². The molecule has 1 aliphatic rings. The van der Waals surface area contributed by atoms with Gasteiger partial charge in [-0.15, -0.1) is 11.3 Å². The normalized spacial score (nSPS) is 21.0. The maximum absolute atomic E-state index is 9.93. The minimum absolute atomic E-state index is 0.122. The van der Waals surface area contributed by atoms with Gasteiger partial charge in [-0.05, 0) is 37.9 Å². The molecule has 1 fully saturated rings. The quantitative estimate of drug-likeness (QED) is 0.845. The number of aromatic nitrogens is 1. The van der Waals surface area contributed by atoms with Crippen molar-refractivity contribution in [3.8, 4) is 5.75 Å². The number of nitrogens with zero attached hydrogens (tertiary/aromatic N) is 2. The van der Waals surface area contributed by atoms with E-state index in [9.17, 15) is 5.11 Å². The van der Waals surface area contributed by atoms with Crippen molar-refractivity contribution >= 4 is 11.3 Å². The fourth-order valence-electron chi connectivity index (χ4n) is 3.12. The van der Waals surface area contributed by atoms with Crippen LogP contribution >= 0.6 is 11.3 Å². The summed E-state index contributed by atoms with van der Waals surface area (Å²) in [5, 5.41) is 13.0. The minimum atomic E-state index is -0.122. The Morgan fingerprint density at radius 2 is 2.13 bits per heavy atom. The predicted octanol–water partition coefficient (Wildman–Crippen LogP) is 3.31. The lowest BCUT2D eigenvalue weighted by Gasteiger charge is -2.22. The molecule has 0 spiro atoms. The molecule has 23 heavy (non-hydrogen) atoms. The minimum Gasteiger partial charge on any atom is -0.486 e. The van der Waals surface area contributed by atoms with E-state index in [1.165, 1.54) is 0 Å². The summed E-state index contributed by atoms with van der Waals surface area (Å²) in [4.78, 5) is 6.91. The van der Waals surface area contributed by atoms with E-state index in [4.69, 9.17) is 4.74 Å².